The van der Waals surface area contributed by atoms with Crippen molar-refractivity contribution in [1.82, 2.24) is 0 Å². The number of benzene rings is 2. The van der Waals surface area contributed by atoms with Gasteiger partial charge < -0.3 is 74.1 Å². The van der Waals surface area contributed by atoms with E-state index in [9.17, 15) is 50.8 Å². The van der Waals surface area contributed by atoms with Crippen molar-refractivity contribution in [3.63, 3.8) is 0 Å². The number of methoxy groups -OCH3 is 1. The first kappa shape index (κ1) is 31.7. The smallest absolute Gasteiger partial charge is 0.239 e. The Hall–Kier alpha value is -3.71. The fraction of sp³-hybridized carbons (Fsp3) is 0.464. The summed E-state index contributed by atoms with van der Waals surface area (Å²) in [6, 6.07) is 5.88. The molecule has 0 amide bonds. The van der Waals surface area contributed by atoms with Gasteiger partial charge in [-0.1, -0.05) is 0 Å². The van der Waals surface area contributed by atoms with Crippen LogP contribution in [0.15, 0.2) is 39.5 Å². The highest BCUT2D eigenvalue weighted by atomic mass is 16.8. The highest BCUT2D eigenvalue weighted by molar-refractivity contribution is 5.88. The topological polar surface area (TPSA) is 258 Å². The first-order valence-electron chi connectivity index (χ1n) is 13.4. The van der Waals surface area contributed by atoms with Crippen molar-refractivity contribution in [3.8, 4) is 40.1 Å². The Kier molecular flexibility index (Phi) is 8.90. The van der Waals surface area contributed by atoms with E-state index >= 15 is 0 Å². The Morgan fingerprint density at radius 2 is 1.55 bits per heavy atom. The summed E-state index contributed by atoms with van der Waals surface area (Å²) < 4.78 is 33.7. The molecule has 0 radical (unpaired) electrons. The van der Waals surface area contributed by atoms with Gasteiger partial charge in [0, 0.05) is 17.7 Å². The summed E-state index contributed by atoms with van der Waals surface area (Å²) in [7, 11) is 1.32. The number of aliphatic hydroxyl groups excluding tert-OH is 6. The third-order valence-corrected chi connectivity index (χ3v) is 7.54. The molecule has 2 aliphatic heterocycles. The van der Waals surface area contributed by atoms with Crippen molar-refractivity contribution in [2.24, 2.45) is 0 Å². The number of fused-ring (bicyclic) bond motifs is 1. The molecule has 2 fully saturated rings. The molecule has 16 nitrogen and oxygen atoms in total. The zero-order valence-corrected chi connectivity index (χ0v) is 23.3. The van der Waals surface area contributed by atoms with Gasteiger partial charge in [0.2, 0.25) is 17.5 Å². The molecule has 44 heavy (non-hydrogen) atoms. The van der Waals surface area contributed by atoms with Crippen LogP contribution in [0.4, 0.5) is 0 Å². The lowest BCUT2D eigenvalue weighted by Gasteiger charge is -2.45. The predicted molar refractivity (Wildman–Crippen MR) is 145 cm³/mol. The molecule has 1 aromatic heterocycles. The largest absolute Gasteiger partial charge is 0.507 e. The average Bonchev–Trinajstić information content (AvgIpc) is 3.00. The minimum absolute atomic E-state index is 0.00106. The lowest BCUT2D eigenvalue weighted by molar-refractivity contribution is -0.354. The van der Waals surface area contributed by atoms with Gasteiger partial charge in [-0.15, -0.1) is 0 Å². The van der Waals surface area contributed by atoms with Crippen LogP contribution in [0.3, 0.4) is 0 Å². The second kappa shape index (κ2) is 12.4. The maximum absolute atomic E-state index is 13.9. The third-order valence-electron chi connectivity index (χ3n) is 7.54. The minimum Gasteiger partial charge on any atom is -0.507 e. The number of hydrogen-bond acceptors (Lipinski definition) is 16. The molecule has 2 aromatic carbocycles. The van der Waals surface area contributed by atoms with Gasteiger partial charge in [0.15, 0.2) is 29.7 Å². The second-order valence-electron chi connectivity index (χ2n) is 10.4. The highest BCUT2D eigenvalue weighted by Gasteiger charge is 2.51. The summed E-state index contributed by atoms with van der Waals surface area (Å²) in [5.74, 6) is -2.51. The Labute approximate surface area is 248 Å². The number of ether oxygens (including phenoxy) is 5. The predicted octanol–water partition coefficient (Wildman–Crippen LogP) is -1.38. The molecule has 0 unspecified atom stereocenters. The van der Waals surface area contributed by atoms with Crippen molar-refractivity contribution in [3.05, 3.63) is 40.6 Å². The molecule has 10 atom stereocenters. The molecule has 0 saturated carbocycles. The highest BCUT2D eigenvalue weighted by Crippen LogP contribution is 2.40. The van der Waals surface area contributed by atoms with Crippen molar-refractivity contribution in [2.75, 3.05) is 13.7 Å². The van der Waals surface area contributed by atoms with Gasteiger partial charge in [-0.25, -0.2) is 0 Å². The van der Waals surface area contributed by atoms with Crippen molar-refractivity contribution in [1.29, 1.82) is 0 Å². The van der Waals surface area contributed by atoms with Crippen LogP contribution in [-0.2, 0) is 14.2 Å². The van der Waals surface area contributed by atoms with Crippen LogP contribution in [0.5, 0.6) is 28.7 Å². The number of aliphatic hydroxyl groups is 6. The van der Waals surface area contributed by atoms with Crippen molar-refractivity contribution >= 4 is 11.0 Å². The Balaban J connectivity index is 1.63. The van der Waals surface area contributed by atoms with Crippen molar-refractivity contribution in [2.45, 2.75) is 68.3 Å². The van der Waals surface area contributed by atoms with E-state index < -0.39 is 96.4 Å². The van der Waals surface area contributed by atoms with Crippen LogP contribution in [0.25, 0.3) is 22.3 Å². The van der Waals surface area contributed by atoms with Crippen molar-refractivity contribution < 1.29 is 74.1 Å². The van der Waals surface area contributed by atoms with Crippen LogP contribution in [0.2, 0.25) is 0 Å². The van der Waals surface area contributed by atoms with E-state index in [0.29, 0.717) is 0 Å². The van der Waals surface area contributed by atoms with Gasteiger partial charge in [0.25, 0.3) is 0 Å². The molecule has 0 bridgehead atoms. The van der Waals surface area contributed by atoms with Gasteiger partial charge in [0.1, 0.15) is 59.1 Å². The fourth-order valence-corrected chi connectivity index (χ4v) is 5.03. The molecule has 16 heteroatoms. The van der Waals surface area contributed by atoms with E-state index in [1.165, 1.54) is 26.2 Å². The van der Waals surface area contributed by atoms with E-state index in [2.05, 4.69) is 0 Å². The summed E-state index contributed by atoms with van der Waals surface area (Å²) >= 11 is 0. The molecule has 0 aliphatic carbocycles. The Bertz CT molecular complexity index is 1560. The molecule has 3 aromatic rings. The summed E-state index contributed by atoms with van der Waals surface area (Å²) in [5.41, 5.74) is -1.14. The lowest BCUT2D eigenvalue weighted by Crippen LogP contribution is -2.64. The van der Waals surface area contributed by atoms with Gasteiger partial charge in [-0.2, -0.15) is 0 Å². The summed E-state index contributed by atoms with van der Waals surface area (Å²) in [5, 5.41) is 92.3. The van der Waals surface area contributed by atoms with E-state index in [1.54, 1.807) is 0 Å². The SMILES string of the molecule is COc1cc(O)c2c(=O)c(O[C@@H]3O[C@H](CO)[C@@H](O)[C@H](O)[C@@H]3O[C@@H]3O[C@@H](C)[C@H](O)[C@H](O)[C@@H]3O)c(-c3ccc(O)c(O)c3)oc2c1. The second-order valence-corrected chi connectivity index (χ2v) is 10.4. The zero-order valence-electron chi connectivity index (χ0n) is 23.3. The normalized spacial score (nSPS) is 32.5. The molecular formula is C28H32O16. The minimum atomic E-state index is -1.90. The van der Waals surface area contributed by atoms with Crippen LogP contribution in [0.1, 0.15) is 6.92 Å². The number of hydrogen-bond donors (Lipinski definition) is 9. The quantitative estimate of drug-likeness (QED) is 0.137. The molecule has 9 N–H and O–H groups in total. The van der Waals surface area contributed by atoms with E-state index in [1.807, 2.05) is 0 Å². The fourth-order valence-electron chi connectivity index (χ4n) is 5.03. The number of phenols is 3. The van der Waals surface area contributed by atoms with E-state index in [0.717, 1.165) is 18.2 Å². The zero-order chi connectivity index (χ0) is 32.0. The number of rotatable bonds is 7. The average molecular weight is 625 g/mol. The van der Waals surface area contributed by atoms with Crippen LogP contribution >= 0.6 is 0 Å². The monoisotopic (exact) mass is 624 g/mol. The molecule has 240 valence electrons. The third kappa shape index (κ3) is 5.63. The maximum Gasteiger partial charge on any atom is 0.239 e. The molecule has 2 saturated heterocycles. The first-order chi connectivity index (χ1) is 20.9. The first-order valence-corrected chi connectivity index (χ1v) is 13.4. The van der Waals surface area contributed by atoms with E-state index in [4.69, 9.17) is 28.1 Å². The summed E-state index contributed by atoms with van der Waals surface area (Å²) in [6.45, 7) is 0.566. The van der Waals surface area contributed by atoms with Gasteiger partial charge in [-0.05, 0) is 25.1 Å². The molecule has 0 spiro atoms. The molecule has 2 aliphatic rings. The van der Waals surface area contributed by atoms with Gasteiger partial charge in [-0.3, -0.25) is 4.79 Å². The molecule has 3 heterocycles. The standard InChI is InChI=1S/C28H32O16/c1-9-18(33)21(36)23(38)27(40-9)44-26-22(37)19(34)16(8-29)42-28(26)43-25-20(35)17-14(32)6-11(39-2)7-15(17)41-24(25)10-3-4-12(30)13(31)5-10/h3-7,9,16,18-19,21-23,26-34,36-38H,8H2,1-2H3/t9-,16+,18-,19+,21-,22-,23-,26-,27-,28-/m0/s1. The number of phenolic OH excluding ortho intramolecular Hbond substituents is 3. The lowest BCUT2D eigenvalue weighted by atomic mass is 9.97. The number of aromatic hydroxyl groups is 3. The summed E-state index contributed by atoms with van der Waals surface area (Å²) in [6.07, 6.45) is -16.5. The molecular weight excluding hydrogens is 592 g/mol. The van der Waals surface area contributed by atoms with Gasteiger partial charge in [0.05, 0.1) is 19.8 Å². The summed E-state index contributed by atoms with van der Waals surface area (Å²) in [4.78, 5) is 13.9. The molecule has 5 rings (SSSR count). The van der Waals surface area contributed by atoms with Gasteiger partial charge >= 0.3 is 0 Å². The maximum atomic E-state index is 13.9. The van der Waals surface area contributed by atoms with E-state index in [-0.39, 0.29) is 28.0 Å². The van der Waals surface area contributed by atoms with Crippen LogP contribution < -0.4 is 14.9 Å². The van der Waals surface area contributed by atoms with Crippen LogP contribution in [0, 0.1) is 0 Å². The Morgan fingerprint density at radius 3 is 2.20 bits per heavy atom. The van der Waals surface area contributed by atoms with Crippen LogP contribution in [-0.4, -0.2) is 121 Å². The Morgan fingerprint density at radius 1 is 0.818 bits per heavy atom.